The van der Waals surface area contributed by atoms with Gasteiger partial charge in [0.2, 0.25) is 5.91 Å². The van der Waals surface area contributed by atoms with Gasteiger partial charge in [0.15, 0.2) is 0 Å². The third kappa shape index (κ3) is 2.71. The van der Waals surface area contributed by atoms with Gasteiger partial charge in [0.05, 0.1) is 0 Å². The van der Waals surface area contributed by atoms with Gasteiger partial charge in [-0.3, -0.25) is 14.5 Å². The molecule has 4 rings (SSSR count). The standard InChI is InChI=1S/C16H23N3O4/c20-13-7-12(9-18(13)8-11-1-2-11)10-19-14(21)16(17-15(19)22)3-5-23-6-4-16/h11-12H,1-10H2,(H,17,22). The Morgan fingerprint density at radius 3 is 2.52 bits per heavy atom. The predicted octanol–water partition coefficient (Wildman–Crippen LogP) is 0.346. The van der Waals surface area contributed by atoms with Gasteiger partial charge < -0.3 is 15.0 Å². The lowest BCUT2D eigenvalue weighted by Gasteiger charge is -2.30. The van der Waals surface area contributed by atoms with E-state index in [0.717, 1.165) is 6.54 Å². The van der Waals surface area contributed by atoms with Crippen molar-refractivity contribution in [2.45, 2.75) is 37.6 Å². The molecule has 4 aliphatic rings. The largest absolute Gasteiger partial charge is 0.381 e. The first-order valence-corrected chi connectivity index (χ1v) is 8.57. The van der Waals surface area contributed by atoms with Gasteiger partial charge in [-0.25, -0.2) is 4.79 Å². The molecule has 7 nitrogen and oxygen atoms in total. The van der Waals surface area contributed by atoms with Crippen molar-refractivity contribution in [1.29, 1.82) is 0 Å². The summed E-state index contributed by atoms with van der Waals surface area (Å²) in [6.45, 7) is 2.85. The van der Waals surface area contributed by atoms with Gasteiger partial charge in [0.1, 0.15) is 5.54 Å². The maximum absolute atomic E-state index is 12.7. The van der Waals surface area contributed by atoms with E-state index in [2.05, 4.69) is 5.32 Å². The lowest BCUT2D eigenvalue weighted by Crippen LogP contribution is -2.51. The summed E-state index contributed by atoms with van der Waals surface area (Å²) in [5.41, 5.74) is -0.772. The highest BCUT2D eigenvalue weighted by atomic mass is 16.5. The maximum Gasteiger partial charge on any atom is 0.325 e. The number of urea groups is 1. The predicted molar refractivity (Wildman–Crippen MR) is 80.4 cm³/mol. The van der Waals surface area contributed by atoms with E-state index in [-0.39, 0.29) is 23.8 Å². The van der Waals surface area contributed by atoms with Gasteiger partial charge in [-0.15, -0.1) is 0 Å². The Bertz CT molecular complexity index is 539. The van der Waals surface area contributed by atoms with Gasteiger partial charge in [0, 0.05) is 58.0 Å². The molecule has 4 amide bonds. The van der Waals surface area contributed by atoms with Crippen molar-refractivity contribution in [1.82, 2.24) is 15.1 Å². The van der Waals surface area contributed by atoms with Crippen LogP contribution in [0.1, 0.15) is 32.1 Å². The van der Waals surface area contributed by atoms with Crippen LogP contribution in [-0.2, 0) is 14.3 Å². The van der Waals surface area contributed by atoms with E-state index in [1.54, 1.807) is 0 Å². The smallest absolute Gasteiger partial charge is 0.325 e. The lowest BCUT2D eigenvalue weighted by molar-refractivity contribution is -0.135. The van der Waals surface area contributed by atoms with Crippen LogP contribution in [-0.4, -0.2) is 66.0 Å². The number of carbonyl (C=O) groups is 3. The number of nitrogens with one attached hydrogen (secondary N) is 1. The van der Waals surface area contributed by atoms with Crippen molar-refractivity contribution in [2.24, 2.45) is 11.8 Å². The molecular formula is C16H23N3O4. The summed E-state index contributed by atoms with van der Waals surface area (Å²) in [6, 6.07) is -0.315. The summed E-state index contributed by atoms with van der Waals surface area (Å²) in [4.78, 5) is 40.3. The van der Waals surface area contributed by atoms with Crippen LogP contribution >= 0.6 is 0 Å². The average molecular weight is 321 g/mol. The molecule has 1 spiro atoms. The van der Waals surface area contributed by atoms with Crippen molar-refractivity contribution < 1.29 is 19.1 Å². The van der Waals surface area contributed by atoms with E-state index >= 15 is 0 Å². The van der Waals surface area contributed by atoms with Crippen LogP contribution in [0, 0.1) is 11.8 Å². The third-order valence-corrected chi connectivity index (χ3v) is 5.50. The van der Waals surface area contributed by atoms with E-state index in [4.69, 9.17) is 4.74 Å². The molecule has 0 aromatic heterocycles. The summed E-state index contributed by atoms with van der Waals surface area (Å²) < 4.78 is 5.31. The Kier molecular flexibility index (Phi) is 3.55. The highest BCUT2D eigenvalue weighted by Crippen LogP contribution is 2.33. The van der Waals surface area contributed by atoms with Crippen LogP contribution in [0.2, 0.25) is 0 Å². The first kappa shape index (κ1) is 14.9. The zero-order valence-corrected chi connectivity index (χ0v) is 13.3. The minimum atomic E-state index is -0.772. The molecule has 4 fully saturated rings. The monoisotopic (exact) mass is 321 g/mol. The number of ether oxygens (including phenoxy) is 1. The summed E-state index contributed by atoms with van der Waals surface area (Å²) in [6.07, 6.45) is 3.94. The molecule has 3 aliphatic heterocycles. The summed E-state index contributed by atoms with van der Waals surface area (Å²) in [5, 5.41) is 2.87. The van der Waals surface area contributed by atoms with Crippen molar-refractivity contribution >= 4 is 17.8 Å². The van der Waals surface area contributed by atoms with Crippen LogP contribution in [0.25, 0.3) is 0 Å². The van der Waals surface area contributed by atoms with Crippen LogP contribution in [0.15, 0.2) is 0 Å². The minimum absolute atomic E-state index is 0.0611. The molecule has 1 aliphatic carbocycles. The zero-order chi connectivity index (χ0) is 16.0. The van der Waals surface area contributed by atoms with E-state index in [1.807, 2.05) is 4.90 Å². The number of carbonyl (C=O) groups excluding carboxylic acids is 3. The van der Waals surface area contributed by atoms with Crippen LogP contribution in [0.3, 0.4) is 0 Å². The number of amides is 4. The first-order chi connectivity index (χ1) is 11.1. The normalized spacial score (nSPS) is 30.4. The molecule has 1 N–H and O–H groups in total. The van der Waals surface area contributed by atoms with E-state index < -0.39 is 5.54 Å². The molecule has 23 heavy (non-hydrogen) atoms. The number of imide groups is 1. The molecule has 126 valence electrons. The fourth-order valence-corrected chi connectivity index (χ4v) is 3.92. The van der Waals surface area contributed by atoms with Crippen molar-refractivity contribution in [3.63, 3.8) is 0 Å². The lowest BCUT2D eigenvalue weighted by atomic mass is 9.90. The van der Waals surface area contributed by atoms with Gasteiger partial charge in [-0.05, 0) is 18.8 Å². The topological polar surface area (TPSA) is 79.0 Å². The van der Waals surface area contributed by atoms with Gasteiger partial charge in [-0.1, -0.05) is 0 Å². The Morgan fingerprint density at radius 2 is 1.83 bits per heavy atom. The molecule has 1 saturated carbocycles. The molecule has 0 bridgehead atoms. The molecule has 0 radical (unpaired) electrons. The van der Waals surface area contributed by atoms with E-state index in [0.29, 0.717) is 51.5 Å². The number of nitrogens with zero attached hydrogens (tertiary/aromatic N) is 2. The number of hydrogen-bond donors (Lipinski definition) is 1. The number of hydrogen-bond acceptors (Lipinski definition) is 4. The number of likely N-dealkylation sites (tertiary alicyclic amines) is 1. The Labute approximate surface area is 135 Å². The summed E-state index contributed by atoms with van der Waals surface area (Å²) in [5.74, 6) is 0.750. The molecule has 7 heteroatoms. The Hall–Kier alpha value is -1.63. The third-order valence-electron chi connectivity index (χ3n) is 5.50. The SMILES string of the molecule is O=C1CC(CN2C(=O)NC3(CCOCC3)C2=O)CN1CC1CC1. The van der Waals surface area contributed by atoms with E-state index in [9.17, 15) is 14.4 Å². The van der Waals surface area contributed by atoms with Crippen LogP contribution in [0.4, 0.5) is 4.79 Å². The number of rotatable bonds is 4. The molecule has 1 unspecified atom stereocenters. The van der Waals surface area contributed by atoms with Crippen LogP contribution < -0.4 is 5.32 Å². The molecule has 1 atom stereocenters. The Morgan fingerprint density at radius 1 is 1.09 bits per heavy atom. The summed E-state index contributed by atoms with van der Waals surface area (Å²) >= 11 is 0. The zero-order valence-electron chi connectivity index (χ0n) is 13.3. The maximum atomic E-state index is 12.7. The highest BCUT2D eigenvalue weighted by Gasteiger charge is 2.52. The fourth-order valence-electron chi connectivity index (χ4n) is 3.92. The molecule has 3 heterocycles. The second-order valence-electron chi connectivity index (χ2n) is 7.35. The fraction of sp³-hybridized carbons (Fsp3) is 0.812. The van der Waals surface area contributed by atoms with Gasteiger partial charge in [-0.2, -0.15) is 0 Å². The Balaban J connectivity index is 1.39. The van der Waals surface area contributed by atoms with Crippen molar-refractivity contribution in [3.05, 3.63) is 0 Å². The van der Waals surface area contributed by atoms with Crippen LogP contribution in [0.5, 0.6) is 0 Å². The summed E-state index contributed by atoms with van der Waals surface area (Å²) in [7, 11) is 0. The molecule has 0 aromatic carbocycles. The highest BCUT2D eigenvalue weighted by molar-refractivity contribution is 6.07. The van der Waals surface area contributed by atoms with E-state index in [1.165, 1.54) is 17.7 Å². The van der Waals surface area contributed by atoms with Gasteiger partial charge >= 0.3 is 6.03 Å². The molecule has 0 aromatic rings. The van der Waals surface area contributed by atoms with Crippen molar-refractivity contribution in [2.75, 3.05) is 32.8 Å². The average Bonchev–Trinajstić information content (AvgIpc) is 3.24. The van der Waals surface area contributed by atoms with Crippen molar-refractivity contribution in [3.8, 4) is 0 Å². The minimum Gasteiger partial charge on any atom is -0.381 e. The second-order valence-corrected chi connectivity index (χ2v) is 7.35. The molecular weight excluding hydrogens is 298 g/mol. The second kappa shape index (κ2) is 5.47. The first-order valence-electron chi connectivity index (χ1n) is 8.57. The molecule has 3 saturated heterocycles. The van der Waals surface area contributed by atoms with Gasteiger partial charge in [0.25, 0.3) is 5.91 Å². The quantitative estimate of drug-likeness (QED) is 0.758.